The van der Waals surface area contributed by atoms with Crippen LogP contribution in [0.4, 0.5) is 19.6 Å². The zero-order valence-electron chi connectivity index (χ0n) is 27.5. The monoisotopic (exact) mass is 707 g/mol. The van der Waals surface area contributed by atoms with Gasteiger partial charge in [-0.2, -0.15) is 15.2 Å². The van der Waals surface area contributed by atoms with E-state index in [0.29, 0.717) is 37.7 Å². The summed E-state index contributed by atoms with van der Waals surface area (Å²) in [5, 5.41) is 10.5. The van der Waals surface area contributed by atoms with E-state index in [9.17, 15) is 10.1 Å². The van der Waals surface area contributed by atoms with Crippen molar-refractivity contribution in [1.29, 1.82) is 5.26 Å². The molecule has 0 aliphatic carbocycles. The number of nitrogens with two attached hydrogens (primary N) is 1. The third kappa shape index (κ3) is 4.97. The highest BCUT2D eigenvalue weighted by Crippen LogP contribution is 2.52. The summed E-state index contributed by atoms with van der Waals surface area (Å²) in [6, 6.07) is 4.51. The number of piperidine rings is 1. The van der Waals surface area contributed by atoms with Crippen molar-refractivity contribution in [3.8, 4) is 29.0 Å². The van der Waals surface area contributed by atoms with Crippen LogP contribution in [0.25, 0.3) is 32.1 Å². The molecule has 3 saturated heterocycles. The molecule has 4 atom stereocenters. The molecule has 256 valence electrons. The molecule has 1 amide bonds. The zero-order chi connectivity index (χ0) is 34.4. The number of hydrogen-bond acceptors (Lipinski definition) is 10. The zero-order valence-corrected chi connectivity index (χ0v) is 29.1. The van der Waals surface area contributed by atoms with Crippen molar-refractivity contribution in [2.45, 2.75) is 50.6 Å². The van der Waals surface area contributed by atoms with Crippen LogP contribution in [-0.2, 0) is 4.79 Å². The minimum atomic E-state index is -0.783. The Hall–Kier alpha value is -3.99. The molecular formula is C35H36ClF2N7O3S. The average molecular weight is 708 g/mol. The number of hydrogen-bond donors (Lipinski definition) is 1. The number of benzene rings is 2. The molecule has 4 aliphatic rings. The predicted molar refractivity (Wildman–Crippen MR) is 185 cm³/mol. The van der Waals surface area contributed by atoms with Gasteiger partial charge >= 0.3 is 6.01 Å². The molecule has 49 heavy (non-hydrogen) atoms. The summed E-state index contributed by atoms with van der Waals surface area (Å²) in [5.41, 5.74) is 6.09. The summed E-state index contributed by atoms with van der Waals surface area (Å²) >= 11 is 8.01. The Morgan fingerprint density at radius 1 is 1.27 bits per heavy atom. The molecule has 2 unspecified atom stereocenters. The van der Waals surface area contributed by atoms with Gasteiger partial charge in [0, 0.05) is 38.1 Å². The Labute approximate surface area is 291 Å². The normalized spacial score (nSPS) is 24.8. The number of ether oxygens (including phenoxy) is 2. The molecule has 14 heteroatoms. The summed E-state index contributed by atoms with van der Waals surface area (Å²) in [6.45, 7) is 5.18. The first-order chi connectivity index (χ1) is 23.5. The SMILES string of the molecule is C[C@H]1CN2CCC[C@@]2(COc2nc3c4c(c(Cl)c(-c5ccc(F)c6sc(N)c(C#N)c56)c(F)c4n2)OCC2CCC(C(=O)N(C)C)CN32)C1. The van der Waals surface area contributed by atoms with Gasteiger partial charge in [0.05, 0.1) is 38.2 Å². The first kappa shape index (κ1) is 32.2. The van der Waals surface area contributed by atoms with E-state index in [-0.39, 0.29) is 89.5 Å². The van der Waals surface area contributed by atoms with Gasteiger partial charge in [0.25, 0.3) is 0 Å². The van der Waals surface area contributed by atoms with E-state index < -0.39 is 11.6 Å². The number of rotatable bonds is 5. The molecule has 2 N–H and O–H groups in total. The molecule has 10 nitrogen and oxygen atoms in total. The van der Waals surface area contributed by atoms with Gasteiger partial charge in [-0.15, -0.1) is 11.3 Å². The number of nitrogen functional groups attached to an aromatic ring is 1. The van der Waals surface area contributed by atoms with Crippen LogP contribution in [-0.4, -0.2) is 84.2 Å². The second-order valence-corrected chi connectivity index (χ2v) is 15.6. The lowest BCUT2D eigenvalue weighted by Gasteiger charge is -2.39. The second-order valence-electron chi connectivity index (χ2n) is 14.1. The van der Waals surface area contributed by atoms with Gasteiger partial charge in [-0.1, -0.05) is 24.6 Å². The third-order valence-corrected chi connectivity index (χ3v) is 12.2. The standard InChI is InChI=1S/C35H36ClF2N7O3S/c1-17-11-35(9-4-10-44(35)13-17)16-48-34-41-28-25-29(47-15-19-6-5-18(33(46)43(2)3)14-45(19)32(25)42-34)26(36)24(27(28)38)20-7-8-22(37)30-23(20)21(12-39)31(40)49-30/h7-8,17-19H,4-6,9-11,13-16,40H2,1-3H3/t17-,18?,19?,35+/m1/s1. The van der Waals surface area contributed by atoms with Crippen molar-refractivity contribution in [2.75, 3.05) is 57.6 Å². The molecule has 2 aromatic carbocycles. The number of fused-ring (bicyclic) bond motifs is 4. The van der Waals surface area contributed by atoms with Crippen LogP contribution in [0.2, 0.25) is 5.02 Å². The average Bonchev–Trinajstić information content (AvgIpc) is 3.69. The van der Waals surface area contributed by atoms with Gasteiger partial charge in [-0.05, 0) is 56.2 Å². The summed E-state index contributed by atoms with van der Waals surface area (Å²) in [7, 11) is 3.48. The largest absolute Gasteiger partial charge is 0.489 e. The highest BCUT2D eigenvalue weighted by molar-refractivity contribution is 7.23. The first-order valence-electron chi connectivity index (χ1n) is 16.6. The van der Waals surface area contributed by atoms with E-state index in [1.807, 2.05) is 4.90 Å². The first-order valence-corrected chi connectivity index (χ1v) is 17.8. The molecule has 0 radical (unpaired) electrons. The second kappa shape index (κ2) is 11.8. The van der Waals surface area contributed by atoms with Crippen molar-refractivity contribution in [1.82, 2.24) is 19.8 Å². The Bertz CT molecular complexity index is 2090. The fraction of sp³-hybridized carbons (Fsp3) is 0.486. The maximum Gasteiger partial charge on any atom is 0.319 e. The van der Waals surface area contributed by atoms with Crippen molar-refractivity contribution in [2.24, 2.45) is 11.8 Å². The van der Waals surface area contributed by atoms with Crippen molar-refractivity contribution in [3.05, 3.63) is 34.4 Å². The highest BCUT2D eigenvalue weighted by Gasteiger charge is 2.48. The molecule has 6 heterocycles. The Kier molecular flexibility index (Phi) is 7.77. The van der Waals surface area contributed by atoms with Gasteiger partial charge in [0.1, 0.15) is 41.4 Å². The number of amides is 1. The Morgan fingerprint density at radius 3 is 2.86 bits per heavy atom. The fourth-order valence-corrected chi connectivity index (χ4v) is 9.90. The lowest BCUT2D eigenvalue weighted by Crippen LogP contribution is -2.50. The van der Waals surface area contributed by atoms with Gasteiger partial charge in [0.2, 0.25) is 5.91 Å². The number of halogens is 3. The number of nitriles is 1. The lowest BCUT2D eigenvalue weighted by atomic mass is 9.91. The number of nitrogens with zero attached hydrogens (tertiary/aromatic N) is 6. The fourth-order valence-electron chi connectivity index (χ4n) is 8.62. The smallest absolute Gasteiger partial charge is 0.319 e. The van der Waals surface area contributed by atoms with Gasteiger partial charge in [-0.25, -0.2) is 8.78 Å². The van der Waals surface area contributed by atoms with Crippen LogP contribution < -0.4 is 20.1 Å². The third-order valence-electron chi connectivity index (χ3n) is 10.8. The topological polar surface area (TPSA) is 121 Å². The summed E-state index contributed by atoms with van der Waals surface area (Å²) in [4.78, 5) is 28.8. The van der Waals surface area contributed by atoms with Crippen LogP contribution in [0.5, 0.6) is 11.8 Å². The van der Waals surface area contributed by atoms with Crippen LogP contribution in [0.15, 0.2) is 12.1 Å². The van der Waals surface area contributed by atoms with Crippen LogP contribution in [0, 0.1) is 34.8 Å². The van der Waals surface area contributed by atoms with E-state index in [4.69, 9.17) is 31.8 Å². The van der Waals surface area contributed by atoms with E-state index in [2.05, 4.69) is 22.9 Å². The summed E-state index contributed by atoms with van der Waals surface area (Å²) in [6.07, 6.45) is 4.37. The van der Waals surface area contributed by atoms with Gasteiger partial charge < -0.3 is 25.0 Å². The highest BCUT2D eigenvalue weighted by atomic mass is 35.5. The minimum Gasteiger partial charge on any atom is -0.489 e. The van der Waals surface area contributed by atoms with Crippen molar-refractivity contribution in [3.63, 3.8) is 0 Å². The molecular weight excluding hydrogens is 672 g/mol. The Morgan fingerprint density at radius 2 is 2.08 bits per heavy atom. The van der Waals surface area contributed by atoms with Crippen LogP contribution in [0.1, 0.15) is 44.6 Å². The minimum absolute atomic E-state index is 0.00427. The summed E-state index contributed by atoms with van der Waals surface area (Å²) in [5.74, 6) is -0.547. The van der Waals surface area contributed by atoms with Crippen molar-refractivity contribution < 1.29 is 23.0 Å². The molecule has 0 spiro atoms. The van der Waals surface area contributed by atoms with E-state index in [1.165, 1.54) is 12.1 Å². The van der Waals surface area contributed by atoms with Gasteiger partial charge in [-0.3, -0.25) is 9.69 Å². The number of anilines is 2. The predicted octanol–water partition coefficient (Wildman–Crippen LogP) is 6.22. The van der Waals surface area contributed by atoms with Crippen molar-refractivity contribution >= 4 is 60.7 Å². The van der Waals surface area contributed by atoms with Crippen LogP contribution in [0.3, 0.4) is 0 Å². The molecule has 0 saturated carbocycles. The molecule has 4 aromatic rings. The number of carbonyl (C=O) groups is 1. The maximum absolute atomic E-state index is 17.3. The van der Waals surface area contributed by atoms with E-state index in [0.717, 1.165) is 43.7 Å². The quantitative estimate of drug-likeness (QED) is 0.258. The van der Waals surface area contributed by atoms with E-state index in [1.54, 1.807) is 19.0 Å². The van der Waals surface area contributed by atoms with E-state index >= 15 is 8.78 Å². The number of aromatic nitrogens is 2. The van der Waals surface area contributed by atoms with Gasteiger partial charge in [0.15, 0.2) is 11.6 Å². The molecule has 4 aliphatic heterocycles. The number of thiophene rings is 1. The summed E-state index contributed by atoms with van der Waals surface area (Å²) < 4.78 is 45.3. The molecule has 0 bridgehead atoms. The maximum atomic E-state index is 17.3. The Balaban J connectivity index is 1.34. The lowest BCUT2D eigenvalue weighted by molar-refractivity contribution is -0.133. The number of carbonyl (C=O) groups excluding carboxylic acids is 1. The molecule has 2 aromatic heterocycles. The molecule has 8 rings (SSSR count). The van der Waals surface area contributed by atoms with Crippen LogP contribution >= 0.6 is 22.9 Å². The molecule has 3 fully saturated rings.